The van der Waals surface area contributed by atoms with E-state index >= 15 is 0 Å². The van der Waals surface area contributed by atoms with Crippen molar-refractivity contribution >= 4 is 29.3 Å². The number of hydrogen-bond donors (Lipinski definition) is 1. The molecule has 3 nitrogen and oxygen atoms in total. The number of rotatable bonds is 5. The van der Waals surface area contributed by atoms with Gasteiger partial charge in [-0.15, -0.1) is 11.8 Å². The van der Waals surface area contributed by atoms with E-state index in [1.54, 1.807) is 36.0 Å². The van der Waals surface area contributed by atoms with Gasteiger partial charge in [-0.2, -0.15) is 0 Å². The maximum atomic E-state index is 13.3. The maximum Gasteiger partial charge on any atom is 0.252 e. The molecule has 0 spiro atoms. The van der Waals surface area contributed by atoms with E-state index in [1.165, 1.54) is 12.1 Å². The molecular weight excluding hydrogens is 373 g/mol. The van der Waals surface area contributed by atoms with Gasteiger partial charge in [-0.25, -0.2) is 4.39 Å². The molecule has 1 saturated heterocycles. The van der Waals surface area contributed by atoms with Gasteiger partial charge >= 0.3 is 0 Å². The second kappa shape index (κ2) is 8.42. The Morgan fingerprint density at radius 3 is 2.58 bits per heavy atom. The molecule has 2 aromatic carbocycles. The van der Waals surface area contributed by atoms with Gasteiger partial charge in [0.25, 0.3) is 5.91 Å². The van der Waals surface area contributed by atoms with Crippen LogP contribution in [0.2, 0.25) is 5.02 Å². The molecule has 0 aliphatic carbocycles. The third kappa shape index (κ3) is 4.22. The molecule has 0 saturated carbocycles. The van der Waals surface area contributed by atoms with Gasteiger partial charge in [-0.1, -0.05) is 23.7 Å². The molecule has 1 fully saturated rings. The van der Waals surface area contributed by atoms with E-state index in [1.807, 2.05) is 12.3 Å². The minimum Gasteiger partial charge on any atom is -0.381 e. The van der Waals surface area contributed by atoms with Crippen LogP contribution in [0.4, 0.5) is 4.39 Å². The normalized spacial score (nSPS) is 16.3. The molecule has 1 aliphatic rings. The molecule has 1 aliphatic heterocycles. The zero-order chi connectivity index (χ0) is 18.6. The van der Waals surface area contributed by atoms with E-state index in [0.717, 1.165) is 23.3 Å². The van der Waals surface area contributed by atoms with Gasteiger partial charge < -0.3 is 10.1 Å². The van der Waals surface area contributed by atoms with Gasteiger partial charge in [0, 0.05) is 30.1 Å². The van der Waals surface area contributed by atoms with Crippen LogP contribution in [0.5, 0.6) is 0 Å². The van der Waals surface area contributed by atoms with Crippen LogP contribution in [0.1, 0.15) is 28.8 Å². The number of hydrogen-bond acceptors (Lipinski definition) is 3. The van der Waals surface area contributed by atoms with Crippen LogP contribution in [0.15, 0.2) is 47.4 Å². The number of benzene rings is 2. The van der Waals surface area contributed by atoms with Gasteiger partial charge in [0.2, 0.25) is 0 Å². The molecule has 0 unspecified atom stereocenters. The summed E-state index contributed by atoms with van der Waals surface area (Å²) in [6, 6.07) is 12.0. The second-order valence-corrected chi connectivity index (χ2v) is 7.71. The Morgan fingerprint density at radius 1 is 1.23 bits per heavy atom. The van der Waals surface area contributed by atoms with Crippen molar-refractivity contribution in [2.45, 2.75) is 23.2 Å². The first-order valence-corrected chi connectivity index (χ1v) is 10.1. The van der Waals surface area contributed by atoms with Crippen LogP contribution in [0.3, 0.4) is 0 Å². The first-order chi connectivity index (χ1) is 12.5. The summed E-state index contributed by atoms with van der Waals surface area (Å²) >= 11 is 7.77. The van der Waals surface area contributed by atoms with Gasteiger partial charge in [0.1, 0.15) is 5.82 Å². The Labute approximate surface area is 162 Å². The summed E-state index contributed by atoms with van der Waals surface area (Å²) in [6.45, 7) is 1.70. The smallest absolute Gasteiger partial charge is 0.252 e. The van der Waals surface area contributed by atoms with Crippen molar-refractivity contribution in [3.05, 3.63) is 64.4 Å². The highest BCUT2D eigenvalue weighted by molar-refractivity contribution is 7.98. The van der Waals surface area contributed by atoms with Crippen LogP contribution < -0.4 is 5.32 Å². The lowest BCUT2D eigenvalue weighted by atomic mass is 9.74. The average molecular weight is 394 g/mol. The molecule has 6 heteroatoms. The Bertz CT molecular complexity index is 776. The maximum absolute atomic E-state index is 13.3. The monoisotopic (exact) mass is 393 g/mol. The van der Waals surface area contributed by atoms with Crippen LogP contribution in [0.25, 0.3) is 0 Å². The lowest BCUT2D eigenvalue weighted by molar-refractivity contribution is 0.0487. The minimum absolute atomic E-state index is 0.195. The standard InChI is InChI=1S/C20H21ClFNO2S/c1-26-16-6-7-18(21)17(12-16)19(24)23-13-20(8-10-25-11-9-20)14-2-4-15(22)5-3-14/h2-7,12H,8-11,13H2,1H3,(H,23,24). The minimum atomic E-state index is -0.263. The molecular formula is C20H21ClFNO2S. The quantitative estimate of drug-likeness (QED) is 0.749. The van der Waals surface area contributed by atoms with Gasteiger partial charge in [-0.3, -0.25) is 4.79 Å². The molecule has 1 heterocycles. The van der Waals surface area contributed by atoms with Crippen molar-refractivity contribution in [1.82, 2.24) is 5.32 Å². The SMILES string of the molecule is CSc1ccc(Cl)c(C(=O)NCC2(c3ccc(F)cc3)CCOCC2)c1. The zero-order valence-electron chi connectivity index (χ0n) is 14.6. The summed E-state index contributed by atoms with van der Waals surface area (Å²) in [5.74, 6) is -0.459. The lowest BCUT2D eigenvalue weighted by Crippen LogP contribution is -2.44. The number of nitrogens with one attached hydrogen (secondary N) is 1. The predicted molar refractivity (Wildman–Crippen MR) is 104 cm³/mol. The average Bonchev–Trinajstić information content (AvgIpc) is 2.68. The molecule has 0 bridgehead atoms. The van der Waals surface area contributed by atoms with E-state index in [4.69, 9.17) is 16.3 Å². The number of ether oxygens (including phenoxy) is 1. The van der Waals surface area contributed by atoms with Crippen LogP contribution in [-0.4, -0.2) is 31.9 Å². The number of halogens is 2. The third-order valence-electron chi connectivity index (χ3n) is 4.91. The highest BCUT2D eigenvalue weighted by atomic mass is 35.5. The Morgan fingerprint density at radius 2 is 1.92 bits per heavy atom. The molecule has 1 N–H and O–H groups in total. The fraction of sp³-hybridized carbons (Fsp3) is 0.350. The summed E-state index contributed by atoms with van der Waals surface area (Å²) in [7, 11) is 0. The zero-order valence-corrected chi connectivity index (χ0v) is 16.1. The van der Waals surface area contributed by atoms with Crippen molar-refractivity contribution in [1.29, 1.82) is 0 Å². The first kappa shape index (κ1) is 19.2. The number of thioether (sulfide) groups is 1. The molecule has 0 aromatic heterocycles. The van der Waals surface area contributed by atoms with Crippen molar-refractivity contribution in [3.8, 4) is 0 Å². The molecule has 2 aromatic rings. The molecule has 3 rings (SSSR count). The van der Waals surface area contributed by atoms with Crippen molar-refractivity contribution in [2.24, 2.45) is 0 Å². The van der Waals surface area contributed by atoms with E-state index in [0.29, 0.717) is 30.3 Å². The third-order valence-corrected chi connectivity index (χ3v) is 5.97. The van der Waals surface area contributed by atoms with Crippen molar-refractivity contribution in [3.63, 3.8) is 0 Å². The Kier molecular flexibility index (Phi) is 6.22. The first-order valence-electron chi connectivity index (χ1n) is 8.50. The van der Waals surface area contributed by atoms with Crippen molar-refractivity contribution in [2.75, 3.05) is 26.0 Å². The fourth-order valence-electron chi connectivity index (χ4n) is 3.28. The summed E-state index contributed by atoms with van der Waals surface area (Å²) in [6.07, 6.45) is 3.51. The fourth-order valence-corrected chi connectivity index (χ4v) is 3.93. The van der Waals surface area contributed by atoms with E-state index in [9.17, 15) is 9.18 Å². The molecule has 0 radical (unpaired) electrons. The highest BCUT2D eigenvalue weighted by Crippen LogP contribution is 2.34. The molecule has 26 heavy (non-hydrogen) atoms. The lowest BCUT2D eigenvalue weighted by Gasteiger charge is -2.38. The predicted octanol–water partition coefficient (Wildman–Crippen LogP) is 4.68. The van der Waals surface area contributed by atoms with E-state index in [2.05, 4.69) is 5.32 Å². The van der Waals surface area contributed by atoms with Gasteiger partial charge in [0.15, 0.2) is 0 Å². The largest absolute Gasteiger partial charge is 0.381 e. The van der Waals surface area contributed by atoms with E-state index in [-0.39, 0.29) is 17.1 Å². The van der Waals surface area contributed by atoms with Crippen LogP contribution >= 0.6 is 23.4 Å². The molecule has 0 atom stereocenters. The van der Waals surface area contributed by atoms with E-state index < -0.39 is 0 Å². The van der Waals surface area contributed by atoms with Crippen LogP contribution in [0, 0.1) is 5.82 Å². The van der Waals surface area contributed by atoms with Crippen molar-refractivity contribution < 1.29 is 13.9 Å². The summed E-state index contributed by atoms with van der Waals surface area (Å²) in [4.78, 5) is 13.7. The Hall–Kier alpha value is -1.56. The second-order valence-electron chi connectivity index (χ2n) is 6.43. The number of carbonyl (C=O) groups excluding carboxylic acids is 1. The van der Waals surface area contributed by atoms with Crippen LogP contribution in [-0.2, 0) is 10.2 Å². The van der Waals surface area contributed by atoms with Gasteiger partial charge in [-0.05, 0) is 55.0 Å². The molecule has 1 amide bonds. The number of carbonyl (C=O) groups is 1. The Balaban J connectivity index is 1.80. The number of amides is 1. The summed E-state index contributed by atoms with van der Waals surface area (Å²) in [5.41, 5.74) is 1.23. The topological polar surface area (TPSA) is 38.3 Å². The highest BCUT2D eigenvalue weighted by Gasteiger charge is 2.35. The molecule has 138 valence electrons. The van der Waals surface area contributed by atoms with Gasteiger partial charge in [0.05, 0.1) is 10.6 Å². The summed E-state index contributed by atoms with van der Waals surface area (Å²) < 4.78 is 18.8. The summed E-state index contributed by atoms with van der Waals surface area (Å²) in [5, 5.41) is 3.47.